The monoisotopic (exact) mass is 459 g/mol. The van der Waals surface area contributed by atoms with Crippen molar-refractivity contribution in [2.75, 3.05) is 12.3 Å². The minimum atomic E-state index is -0.696. The molecule has 2 aromatic carbocycles. The number of nitrogen functional groups attached to an aromatic ring is 1. The largest absolute Gasteiger partial charge is 0.394 e. The molecule has 1 unspecified atom stereocenters. The Labute approximate surface area is 197 Å². The third-order valence-electron chi connectivity index (χ3n) is 5.70. The number of nitrogens with zero attached hydrogens (tertiary/aromatic N) is 3. The standard InChI is InChI=1S/C26H26FN5O2/c1-15-5-4-6-18(9-15)24(14-33)30-26(34)20-8-7-17(11-23(20)27)21-10-19(12-29-25(21)28)22-13-32(3)31-16(22)2/h4-13,24,33H,14H2,1-3H3,(H2,28,29)(H,30,34). The van der Waals surface area contributed by atoms with Crippen LogP contribution >= 0.6 is 0 Å². The van der Waals surface area contributed by atoms with Crippen LogP contribution in [-0.4, -0.2) is 32.4 Å². The van der Waals surface area contributed by atoms with E-state index < -0.39 is 17.8 Å². The van der Waals surface area contributed by atoms with Gasteiger partial charge in [-0.2, -0.15) is 5.10 Å². The lowest BCUT2D eigenvalue weighted by Gasteiger charge is -2.18. The Balaban J connectivity index is 1.61. The van der Waals surface area contributed by atoms with E-state index in [0.717, 1.165) is 27.9 Å². The fraction of sp³-hybridized carbons (Fsp3) is 0.192. The van der Waals surface area contributed by atoms with Gasteiger partial charge in [0.05, 0.1) is 23.9 Å². The van der Waals surface area contributed by atoms with Crippen LogP contribution in [0, 0.1) is 19.7 Å². The second-order valence-corrected chi connectivity index (χ2v) is 8.28. The van der Waals surface area contributed by atoms with Crippen LogP contribution in [-0.2, 0) is 7.05 Å². The number of carbonyl (C=O) groups excluding carboxylic acids is 1. The Morgan fingerprint density at radius 1 is 1.15 bits per heavy atom. The highest BCUT2D eigenvalue weighted by atomic mass is 19.1. The van der Waals surface area contributed by atoms with Gasteiger partial charge in [0, 0.05) is 36.1 Å². The molecule has 0 fully saturated rings. The highest BCUT2D eigenvalue weighted by molar-refractivity contribution is 5.95. The molecule has 0 aliphatic rings. The van der Waals surface area contributed by atoms with E-state index in [4.69, 9.17) is 5.73 Å². The molecule has 0 saturated carbocycles. The summed E-state index contributed by atoms with van der Waals surface area (Å²) in [6.07, 6.45) is 3.54. The predicted octanol–water partition coefficient (Wildman–Crippen LogP) is 3.95. The normalized spacial score (nSPS) is 11.9. The number of carbonyl (C=O) groups is 1. The zero-order chi connectivity index (χ0) is 24.4. The van der Waals surface area contributed by atoms with Crippen LogP contribution in [0.3, 0.4) is 0 Å². The van der Waals surface area contributed by atoms with Crippen LogP contribution in [0.15, 0.2) is 60.9 Å². The van der Waals surface area contributed by atoms with Gasteiger partial charge in [0.25, 0.3) is 5.91 Å². The highest BCUT2D eigenvalue weighted by Gasteiger charge is 2.19. The van der Waals surface area contributed by atoms with Gasteiger partial charge in [-0.05, 0) is 43.2 Å². The number of aliphatic hydroxyl groups excluding tert-OH is 1. The van der Waals surface area contributed by atoms with E-state index in [-0.39, 0.29) is 18.0 Å². The number of aliphatic hydroxyl groups is 1. The summed E-state index contributed by atoms with van der Waals surface area (Å²) in [5.74, 6) is -1.06. The number of benzene rings is 2. The molecule has 0 bridgehead atoms. The minimum Gasteiger partial charge on any atom is -0.394 e. The topological polar surface area (TPSA) is 106 Å². The van der Waals surface area contributed by atoms with Crippen LogP contribution in [0.25, 0.3) is 22.3 Å². The van der Waals surface area contributed by atoms with Gasteiger partial charge in [-0.15, -0.1) is 0 Å². The lowest BCUT2D eigenvalue weighted by molar-refractivity contribution is 0.0912. The van der Waals surface area contributed by atoms with Crippen molar-refractivity contribution in [1.82, 2.24) is 20.1 Å². The number of anilines is 1. The van der Waals surface area contributed by atoms with Gasteiger partial charge in [-0.25, -0.2) is 9.37 Å². The molecule has 0 radical (unpaired) electrons. The number of rotatable bonds is 6. The van der Waals surface area contributed by atoms with Crippen LogP contribution in [0.5, 0.6) is 0 Å². The molecule has 34 heavy (non-hydrogen) atoms. The Morgan fingerprint density at radius 3 is 2.59 bits per heavy atom. The first-order valence-corrected chi connectivity index (χ1v) is 10.8. The zero-order valence-corrected chi connectivity index (χ0v) is 19.2. The molecule has 4 aromatic rings. The summed E-state index contributed by atoms with van der Waals surface area (Å²) in [5, 5.41) is 16.8. The van der Waals surface area contributed by atoms with Gasteiger partial charge in [-0.1, -0.05) is 35.9 Å². The second kappa shape index (κ2) is 9.44. The Morgan fingerprint density at radius 2 is 1.94 bits per heavy atom. The summed E-state index contributed by atoms with van der Waals surface area (Å²) >= 11 is 0. The van der Waals surface area contributed by atoms with Gasteiger partial charge < -0.3 is 16.2 Å². The van der Waals surface area contributed by atoms with E-state index >= 15 is 4.39 Å². The van der Waals surface area contributed by atoms with Gasteiger partial charge >= 0.3 is 0 Å². The summed E-state index contributed by atoms with van der Waals surface area (Å²) in [6, 6.07) is 12.9. The lowest BCUT2D eigenvalue weighted by atomic mass is 9.99. The van der Waals surface area contributed by atoms with E-state index in [9.17, 15) is 9.90 Å². The summed E-state index contributed by atoms with van der Waals surface area (Å²) in [4.78, 5) is 17.0. The van der Waals surface area contributed by atoms with Crippen LogP contribution < -0.4 is 11.1 Å². The lowest BCUT2D eigenvalue weighted by Crippen LogP contribution is -2.31. The fourth-order valence-corrected chi connectivity index (χ4v) is 3.96. The van der Waals surface area contributed by atoms with E-state index in [1.165, 1.54) is 12.1 Å². The Kier molecular flexibility index (Phi) is 6.43. The van der Waals surface area contributed by atoms with Crippen molar-refractivity contribution < 1.29 is 14.3 Å². The molecule has 0 aliphatic carbocycles. The van der Waals surface area contributed by atoms with Gasteiger partial charge in [0.15, 0.2) is 0 Å². The van der Waals surface area contributed by atoms with Gasteiger partial charge in [-0.3, -0.25) is 9.48 Å². The molecular formula is C26H26FN5O2. The number of halogens is 1. The maximum Gasteiger partial charge on any atom is 0.254 e. The molecule has 4 N–H and O–H groups in total. The van der Waals surface area contributed by atoms with Crippen molar-refractivity contribution in [3.63, 3.8) is 0 Å². The van der Waals surface area contributed by atoms with E-state index in [1.54, 1.807) is 23.0 Å². The summed E-state index contributed by atoms with van der Waals surface area (Å²) < 4.78 is 16.7. The van der Waals surface area contributed by atoms with Gasteiger partial charge in [0.1, 0.15) is 11.6 Å². The van der Waals surface area contributed by atoms with Crippen molar-refractivity contribution in [3.8, 4) is 22.3 Å². The number of hydrogen-bond acceptors (Lipinski definition) is 5. The number of aryl methyl sites for hydroxylation is 3. The quantitative estimate of drug-likeness (QED) is 0.405. The second-order valence-electron chi connectivity index (χ2n) is 8.28. The minimum absolute atomic E-state index is 0.124. The first-order valence-electron chi connectivity index (χ1n) is 10.8. The first-order chi connectivity index (χ1) is 16.3. The van der Waals surface area contributed by atoms with Gasteiger partial charge in [0.2, 0.25) is 0 Å². The van der Waals surface area contributed by atoms with E-state index in [1.807, 2.05) is 51.4 Å². The van der Waals surface area contributed by atoms with Crippen molar-refractivity contribution in [2.24, 2.45) is 7.05 Å². The molecule has 2 heterocycles. The average molecular weight is 460 g/mol. The van der Waals surface area contributed by atoms with Crippen molar-refractivity contribution in [2.45, 2.75) is 19.9 Å². The molecule has 0 aliphatic heterocycles. The number of nitrogens with two attached hydrogens (primary N) is 1. The van der Waals surface area contributed by atoms with Crippen molar-refractivity contribution in [3.05, 3.63) is 89.1 Å². The molecule has 8 heteroatoms. The first kappa shape index (κ1) is 23.1. The van der Waals surface area contributed by atoms with E-state index in [2.05, 4.69) is 15.4 Å². The zero-order valence-electron chi connectivity index (χ0n) is 19.2. The molecule has 0 spiro atoms. The number of amides is 1. The Bertz CT molecular complexity index is 1370. The summed E-state index contributed by atoms with van der Waals surface area (Å²) in [5.41, 5.74) is 11.3. The molecular weight excluding hydrogens is 433 g/mol. The van der Waals surface area contributed by atoms with Crippen molar-refractivity contribution >= 4 is 11.7 Å². The Hall–Kier alpha value is -4.04. The number of aromatic nitrogens is 3. The third kappa shape index (κ3) is 4.67. The smallest absolute Gasteiger partial charge is 0.254 e. The van der Waals surface area contributed by atoms with Crippen LogP contribution in [0.2, 0.25) is 0 Å². The highest BCUT2D eigenvalue weighted by Crippen LogP contribution is 2.31. The molecule has 2 aromatic heterocycles. The van der Waals surface area contributed by atoms with Crippen LogP contribution in [0.4, 0.5) is 10.2 Å². The third-order valence-corrected chi connectivity index (χ3v) is 5.70. The predicted molar refractivity (Wildman–Crippen MR) is 129 cm³/mol. The van der Waals surface area contributed by atoms with Crippen LogP contribution in [0.1, 0.15) is 33.2 Å². The summed E-state index contributed by atoms with van der Waals surface area (Å²) in [6.45, 7) is 3.51. The molecule has 7 nitrogen and oxygen atoms in total. The molecule has 4 rings (SSSR count). The number of nitrogens with one attached hydrogen (secondary N) is 1. The molecule has 1 atom stereocenters. The maximum absolute atomic E-state index is 15.0. The molecule has 0 saturated heterocycles. The van der Waals surface area contributed by atoms with E-state index in [0.29, 0.717) is 11.1 Å². The van der Waals surface area contributed by atoms with Crippen molar-refractivity contribution in [1.29, 1.82) is 0 Å². The number of pyridine rings is 1. The average Bonchev–Trinajstić information content (AvgIpc) is 3.15. The SMILES string of the molecule is Cc1cccc(C(CO)NC(=O)c2ccc(-c3cc(-c4cn(C)nc4C)cnc3N)cc2F)c1. The molecule has 1 amide bonds. The maximum atomic E-state index is 15.0. The number of hydrogen-bond donors (Lipinski definition) is 3. The fourth-order valence-electron chi connectivity index (χ4n) is 3.96. The summed E-state index contributed by atoms with van der Waals surface area (Å²) in [7, 11) is 1.83. The molecule has 174 valence electrons.